The second-order valence-electron chi connectivity index (χ2n) is 3.84. The predicted molar refractivity (Wildman–Crippen MR) is 61.6 cm³/mol. The van der Waals surface area contributed by atoms with Gasteiger partial charge >= 0.3 is 0 Å². The molecule has 0 radical (unpaired) electrons. The summed E-state index contributed by atoms with van der Waals surface area (Å²) in [4.78, 5) is 11.2. The Morgan fingerprint density at radius 2 is 2.38 bits per heavy atom. The van der Waals surface area contributed by atoms with Crippen molar-refractivity contribution in [3.05, 3.63) is 22.2 Å². The third-order valence-corrected chi connectivity index (χ3v) is 2.94. The second kappa shape index (κ2) is 4.34. The highest BCUT2D eigenvalue weighted by Gasteiger charge is 2.24. The first-order chi connectivity index (χ1) is 7.63. The average Bonchev–Trinajstić information content (AvgIpc) is 2.66. The van der Waals surface area contributed by atoms with Gasteiger partial charge in [-0.15, -0.1) is 0 Å². The van der Waals surface area contributed by atoms with E-state index in [1.807, 2.05) is 0 Å². The molecule has 1 aliphatic heterocycles. The first kappa shape index (κ1) is 11.3. The van der Waals surface area contributed by atoms with Crippen LogP contribution in [0, 0.1) is 0 Å². The molecule has 0 atom stereocenters. The molecule has 0 aromatic heterocycles. The van der Waals surface area contributed by atoms with Crippen LogP contribution in [0.15, 0.2) is 6.07 Å². The van der Waals surface area contributed by atoms with Gasteiger partial charge in [-0.3, -0.25) is 4.79 Å². The van der Waals surface area contributed by atoms with Crippen molar-refractivity contribution in [2.24, 2.45) is 0 Å². The zero-order valence-corrected chi connectivity index (χ0v) is 10.1. The highest BCUT2D eigenvalue weighted by atomic mass is 35.5. The molecule has 0 N–H and O–H groups in total. The molecule has 0 saturated heterocycles. The third kappa shape index (κ3) is 1.87. The van der Waals surface area contributed by atoms with Gasteiger partial charge in [-0.25, -0.2) is 0 Å². The van der Waals surface area contributed by atoms with Gasteiger partial charge in [-0.05, 0) is 13.0 Å². The van der Waals surface area contributed by atoms with Crippen molar-refractivity contribution < 1.29 is 14.3 Å². The molecule has 16 heavy (non-hydrogen) atoms. The van der Waals surface area contributed by atoms with Gasteiger partial charge in [-0.2, -0.15) is 0 Å². The number of Topliss-reactive ketones (excluding diaryl/α,β-unsaturated/α-hetero) is 1. The number of rotatable bonds is 3. The van der Waals surface area contributed by atoms with Gasteiger partial charge in [0, 0.05) is 29.0 Å². The number of carbonyl (C=O) groups excluding carboxylic acids is 1. The van der Waals surface area contributed by atoms with E-state index in [1.165, 1.54) is 0 Å². The summed E-state index contributed by atoms with van der Waals surface area (Å²) in [6, 6.07) is 1.80. The lowest BCUT2D eigenvalue weighted by Crippen LogP contribution is -2.01. The lowest BCUT2D eigenvalue weighted by molar-refractivity contribution is -0.116. The third-order valence-electron chi connectivity index (χ3n) is 2.60. The number of halogens is 1. The maximum absolute atomic E-state index is 11.2. The molecule has 0 spiro atoms. The Labute approximate surface area is 99.3 Å². The number of benzene rings is 1. The molecule has 1 heterocycles. The van der Waals surface area contributed by atoms with Crippen molar-refractivity contribution in [1.29, 1.82) is 0 Å². The van der Waals surface area contributed by atoms with Gasteiger partial charge in [-0.1, -0.05) is 11.6 Å². The number of carbonyl (C=O) groups is 1. The minimum absolute atomic E-state index is 0.0762. The summed E-state index contributed by atoms with van der Waals surface area (Å²) in [7, 11) is 1.58. The highest BCUT2D eigenvalue weighted by molar-refractivity contribution is 6.31. The first-order valence-electron chi connectivity index (χ1n) is 5.14. The predicted octanol–water partition coefficient (Wildman–Crippen LogP) is 2.42. The molecule has 0 amide bonds. The van der Waals surface area contributed by atoms with E-state index in [4.69, 9.17) is 21.1 Å². The van der Waals surface area contributed by atoms with Crippen molar-refractivity contribution in [3.63, 3.8) is 0 Å². The van der Waals surface area contributed by atoms with E-state index in [1.54, 1.807) is 20.1 Å². The van der Waals surface area contributed by atoms with Gasteiger partial charge in [0.1, 0.15) is 5.78 Å². The van der Waals surface area contributed by atoms with Crippen LogP contribution in [0.4, 0.5) is 0 Å². The Hall–Kier alpha value is -1.22. The lowest BCUT2D eigenvalue weighted by atomic mass is 10.0. The minimum atomic E-state index is 0.0762. The molecule has 2 rings (SSSR count). The molecule has 1 aromatic carbocycles. The molecular formula is C12H13ClO3. The maximum atomic E-state index is 11.2. The summed E-state index contributed by atoms with van der Waals surface area (Å²) in [5.74, 6) is 1.42. The van der Waals surface area contributed by atoms with Crippen molar-refractivity contribution in [2.45, 2.75) is 19.8 Å². The molecule has 3 nitrogen and oxygen atoms in total. The number of ketones is 1. The molecule has 1 aliphatic rings. The van der Waals surface area contributed by atoms with E-state index in [9.17, 15) is 4.79 Å². The molecule has 0 fully saturated rings. The van der Waals surface area contributed by atoms with Gasteiger partial charge in [0.2, 0.25) is 0 Å². The fraction of sp³-hybridized carbons (Fsp3) is 0.417. The molecule has 0 unspecified atom stereocenters. The first-order valence-corrected chi connectivity index (χ1v) is 5.51. The quantitative estimate of drug-likeness (QED) is 0.814. The SMILES string of the molecule is COc1c(CC(C)=O)cc(Cl)c2c1OCC2. The van der Waals surface area contributed by atoms with E-state index >= 15 is 0 Å². The number of ether oxygens (including phenoxy) is 2. The van der Waals surface area contributed by atoms with Crippen LogP contribution < -0.4 is 9.47 Å². The molecule has 86 valence electrons. The molecule has 0 saturated carbocycles. The standard InChI is InChI=1S/C12H13ClO3/c1-7(14)5-8-6-10(13)9-3-4-16-12(9)11(8)15-2/h6H,3-5H2,1-2H3. The summed E-state index contributed by atoms with van der Waals surface area (Å²) in [5.41, 5.74) is 1.77. The van der Waals surface area contributed by atoms with Crippen LogP contribution in [0.5, 0.6) is 11.5 Å². The molecular weight excluding hydrogens is 228 g/mol. The van der Waals surface area contributed by atoms with Crippen molar-refractivity contribution in [3.8, 4) is 11.5 Å². The molecule has 1 aromatic rings. The average molecular weight is 241 g/mol. The fourth-order valence-electron chi connectivity index (χ4n) is 1.96. The van der Waals surface area contributed by atoms with Crippen LogP contribution in [-0.4, -0.2) is 19.5 Å². The Bertz CT molecular complexity index is 440. The van der Waals surface area contributed by atoms with E-state index in [0.29, 0.717) is 29.5 Å². The van der Waals surface area contributed by atoms with Crippen molar-refractivity contribution in [1.82, 2.24) is 0 Å². The summed E-state index contributed by atoms with van der Waals surface area (Å²) in [6.45, 7) is 2.16. The van der Waals surface area contributed by atoms with E-state index < -0.39 is 0 Å². The Balaban J connectivity index is 2.53. The number of methoxy groups -OCH3 is 1. The number of hydrogen-bond acceptors (Lipinski definition) is 3. The number of hydrogen-bond donors (Lipinski definition) is 0. The second-order valence-corrected chi connectivity index (χ2v) is 4.24. The smallest absolute Gasteiger partial charge is 0.166 e. The minimum Gasteiger partial charge on any atom is -0.493 e. The van der Waals surface area contributed by atoms with Crippen LogP contribution in [-0.2, 0) is 17.6 Å². The monoisotopic (exact) mass is 240 g/mol. The zero-order chi connectivity index (χ0) is 11.7. The maximum Gasteiger partial charge on any atom is 0.166 e. The summed E-state index contributed by atoms with van der Waals surface area (Å²) in [5, 5.41) is 0.657. The van der Waals surface area contributed by atoms with Gasteiger partial charge in [0.15, 0.2) is 11.5 Å². The zero-order valence-electron chi connectivity index (χ0n) is 9.30. The molecule has 0 aliphatic carbocycles. The van der Waals surface area contributed by atoms with Gasteiger partial charge in [0.05, 0.1) is 13.7 Å². The normalized spacial score (nSPS) is 13.2. The largest absolute Gasteiger partial charge is 0.493 e. The summed E-state index contributed by atoms with van der Waals surface area (Å²) < 4.78 is 10.8. The van der Waals surface area contributed by atoms with Gasteiger partial charge in [0.25, 0.3) is 0 Å². The summed E-state index contributed by atoms with van der Waals surface area (Å²) >= 11 is 6.14. The Morgan fingerprint density at radius 3 is 3.00 bits per heavy atom. The van der Waals surface area contributed by atoms with E-state index in [-0.39, 0.29) is 5.78 Å². The lowest BCUT2D eigenvalue weighted by Gasteiger charge is -2.12. The Kier molecular flexibility index (Phi) is 3.06. The van der Waals surface area contributed by atoms with Crippen molar-refractivity contribution in [2.75, 3.05) is 13.7 Å². The van der Waals surface area contributed by atoms with Crippen LogP contribution in [0.3, 0.4) is 0 Å². The van der Waals surface area contributed by atoms with Crippen LogP contribution in [0.2, 0.25) is 5.02 Å². The van der Waals surface area contributed by atoms with Gasteiger partial charge < -0.3 is 9.47 Å². The van der Waals surface area contributed by atoms with Crippen LogP contribution in [0.25, 0.3) is 0 Å². The van der Waals surface area contributed by atoms with Crippen molar-refractivity contribution >= 4 is 17.4 Å². The van der Waals surface area contributed by atoms with E-state index in [2.05, 4.69) is 0 Å². The summed E-state index contributed by atoms with van der Waals surface area (Å²) in [6.07, 6.45) is 1.12. The number of fused-ring (bicyclic) bond motifs is 1. The van der Waals surface area contributed by atoms with E-state index in [0.717, 1.165) is 17.5 Å². The van der Waals surface area contributed by atoms with Crippen LogP contribution >= 0.6 is 11.6 Å². The Morgan fingerprint density at radius 1 is 1.62 bits per heavy atom. The molecule has 0 bridgehead atoms. The molecule has 4 heteroatoms. The fourth-order valence-corrected chi connectivity index (χ4v) is 2.27. The highest BCUT2D eigenvalue weighted by Crippen LogP contribution is 2.42. The topological polar surface area (TPSA) is 35.5 Å². The van der Waals surface area contributed by atoms with Crippen LogP contribution in [0.1, 0.15) is 18.1 Å².